The van der Waals surface area contributed by atoms with Crippen LogP contribution in [-0.2, 0) is 4.79 Å². The Kier molecular flexibility index (Phi) is 1.62. The number of nitrogens with one attached hydrogen (secondary N) is 2. The fourth-order valence-electron chi connectivity index (χ4n) is 1.04. The first-order chi connectivity index (χ1) is 6.72. The standard InChI is InChI=1S/C6H3N5O3/c12-2-8-11-1-7-3-4(11)9-6(14)10-5(3)13/h1H,(H2,9,10,13,14). The van der Waals surface area contributed by atoms with Crippen molar-refractivity contribution in [3.63, 3.8) is 0 Å². The van der Waals surface area contributed by atoms with E-state index in [0.29, 0.717) is 0 Å². The van der Waals surface area contributed by atoms with Gasteiger partial charge in [-0.25, -0.2) is 14.6 Å². The number of carbonyl (C=O) groups excluding carboxylic acids is 1. The predicted molar refractivity (Wildman–Crippen MR) is 44.5 cm³/mol. The molecule has 0 atom stereocenters. The molecule has 70 valence electrons. The fraction of sp³-hybridized carbons (Fsp3) is 0. The highest BCUT2D eigenvalue weighted by molar-refractivity contribution is 5.68. The van der Waals surface area contributed by atoms with E-state index in [1.807, 2.05) is 4.98 Å². The van der Waals surface area contributed by atoms with E-state index in [1.54, 1.807) is 0 Å². The molecule has 0 aliphatic carbocycles. The molecule has 0 amide bonds. The van der Waals surface area contributed by atoms with Gasteiger partial charge < -0.3 is 0 Å². The molecule has 2 heterocycles. The average molecular weight is 193 g/mol. The second-order valence-corrected chi connectivity index (χ2v) is 2.39. The molecule has 0 unspecified atom stereocenters. The number of hydrogen-bond donors (Lipinski definition) is 2. The third-order valence-electron chi connectivity index (χ3n) is 1.57. The highest BCUT2D eigenvalue weighted by atomic mass is 16.2. The van der Waals surface area contributed by atoms with Gasteiger partial charge >= 0.3 is 5.69 Å². The van der Waals surface area contributed by atoms with Crippen LogP contribution in [0.4, 0.5) is 0 Å². The molecule has 2 aromatic heterocycles. The van der Waals surface area contributed by atoms with Gasteiger partial charge in [0.2, 0.25) is 0 Å². The van der Waals surface area contributed by atoms with Crippen LogP contribution in [0.2, 0.25) is 0 Å². The summed E-state index contributed by atoms with van der Waals surface area (Å²) in [7, 11) is 0. The van der Waals surface area contributed by atoms with E-state index in [0.717, 1.165) is 11.0 Å². The Morgan fingerprint density at radius 2 is 2.21 bits per heavy atom. The summed E-state index contributed by atoms with van der Waals surface area (Å²) in [6.45, 7) is 0. The maximum atomic E-state index is 11.1. The summed E-state index contributed by atoms with van der Waals surface area (Å²) in [6.07, 6.45) is 2.39. The molecule has 0 aliphatic heterocycles. The zero-order chi connectivity index (χ0) is 10.1. The zero-order valence-corrected chi connectivity index (χ0v) is 6.64. The van der Waals surface area contributed by atoms with Crippen molar-refractivity contribution in [2.75, 3.05) is 0 Å². The minimum absolute atomic E-state index is 0.00333. The van der Waals surface area contributed by atoms with Gasteiger partial charge in [-0.15, -0.1) is 0 Å². The maximum Gasteiger partial charge on any atom is 0.327 e. The van der Waals surface area contributed by atoms with Crippen LogP contribution in [0.15, 0.2) is 21.0 Å². The smallest absolute Gasteiger partial charge is 0.290 e. The highest BCUT2D eigenvalue weighted by Crippen LogP contribution is 2.00. The second-order valence-electron chi connectivity index (χ2n) is 2.39. The van der Waals surface area contributed by atoms with Gasteiger partial charge in [0, 0.05) is 0 Å². The van der Waals surface area contributed by atoms with E-state index >= 15 is 0 Å². The number of aromatic amines is 2. The lowest BCUT2D eigenvalue weighted by Crippen LogP contribution is -2.22. The summed E-state index contributed by atoms with van der Waals surface area (Å²) in [5.74, 6) is 0. The molecule has 0 radical (unpaired) electrons. The first-order valence-electron chi connectivity index (χ1n) is 3.50. The minimum atomic E-state index is -0.689. The largest absolute Gasteiger partial charge is 0.327 e. The van der Waals surface area contributed by atoms with Crippen molar-refractivity contribution in [2.24, 2.45) is 5.10 Å². The first-order valence-corrected chi connectivity index (χ1v) is 3.50. The van der Waals surface area contributed by atoms with Gasteiger partial charge in [-0.05, 0) is 0 Å². The Morgan fingerprint density at radius 3 is 2.93 bits per heavy atom. The second kappa shape index (κ2) is 2.79. The van der Waals surface area contributed by atoms with E-state index in [-0.39, 0.29) is 11.2 Å². The zero-order valence-electron chi connectivity index (χ0n) is 6.64. The molecule has 14 heavy (non-hydrogen) atoms. The lowest BCUT2D eigenvalue weighted by Gasteiger charge is -1.89. The molecular weight excluding hydrogens is 190 g/mol. The number of nitrogens with zero attached hydrogens (tertiary/aromatic N) is 3. The number of H-pyrrole nitrogens is 2. The number of hydrogen-bond acceptors (Lipinski definition) is 5. The number of rotatable bonds is 1. The van der Waals surface area contributed by atoms with E-state index in [1.165, 1.54) is 6.08 Å². The van der Waals surface area contributed by atoms with Gasteiger partial charge in [0.05, 0.1) is 0 Å². The van der Waals surface area contributed by atoms with Gasteiger partial charge in [-0.2, -0.15) is 4.68 Å². The van der Waals surface area contributed by atoms with E-state index in [9.17, 15) is 14.4 Å². The van der Waals surface area contributed by atoms with Gasteiger partial charge in [0.15, 0.2) is 11.2 Å². The molecule has 2 aromatic rings. The Morgan fingerprint density at radius 1 is 1.43 bits per heavy atom. The molecule has 8 heteroatoms. The Bertz CT molecular complexity index is 641. The highest BCUT2D eigenvalue weighted by Gasteiger charge is 2.06. The lowest BCUT2D eigenvalue weighted by atomic mass is 10.5. The van der Waals surface area contributed by atoms with Crippen molar-refractivity contribution in [1.82, 2.24) is 19.6 Å². The molecule has 2 rings (SSSR count). The van der Waals surface area contributed by atoms with E-state index < -0.39 is 11.2 Å². The van der Waals surface area contributed by atoms with Gasteiger partial charge in [-0.3, -0.25) is 14.8 Å². The van der Waals surface area contributed by atoms with Crippen molar-refractivity contribution in [1.29, 1.82) is 0 Å². The third kappa shape index (κ3) is 1.06. The van der Waals surface area contributed by atoms with E-state index in [4.69, 9.17) is 0 Å². The van der Waals surface area contributed by atoms with Crippen molar-refractivity contribution in [3.05, 3.63) is 27.2 Å². The lowest BCUT2D eigenvalue weighted by molar-refractivity contribution is 0.560. The number of fused-ring (bicyclic) bond motifs is 1. The Labute approximate surface area is 74.9 Å². The van der Waals surface area contributed by atoms with Crippen LogP contribution < -0.4 is 11.2 Å². The molecular formula is C6H3N5O3. The summed E-state index contributed by atoms with van der Waals surface area (Å²) in [6, 6.07) is 0. The number of aromatic nitrogens is 4. The topological polar surface area (TPSA) is 113 Å². The van der Waals surface area contributed by atoms with Gasteiger partial charge in [0.1, 0.15) is 6.33 Å². The van der Waals surface area contributed by atoms with Crippen LogP contribution in [0.25, 0.3) is 11.2 Å². The van der Waals surface area contributed by atoms with Crippen LogP contribution in [0.3, 0.4) is 0 Å². The van der Waals surface area contributed by atoms with E-state index in [2.05, 4.69) is 15.1 Å². The fourth-order valence-corrected chi connectivity index (χ4v) is 1.04. The van der Waals surface area contributed by atoms with Crippen molar-refractivity contribution in [2.45, 2.75) is 0 Å². The quantitative estimate of drug-likeness (QED) is 0.424. The maximum absolute atomic E-state index is 11.1. The van der Waals surface area contributed by atoms with Gasteiger partial charge in [0.25, 0.3) is 11.6 Å². The molecule has 0 bridgehead atoms. The normalized spacial score (nSPS) is 10.0. The SMILES string of the molecule is O=C=Nn1cnc2c(=O)[nH]c(=O)[nH]c21. The molecule has 0 saturated heterocycles. The summed E-state index contributed by atoms with van der Waals surface area (Å²) in [4.78, 5) is 39.9. The van der Waals surface area contributed by atoms with Crippen molar-refractivity contribution < 1.29 is 4.79 Å². The summed E-state index contributed by atoms with van der Waals surface area (Å²) >= 11 is 0. The Hall–Kier alpha value is -2.47. The van der Waals surface area contributed by atoms with Crippen LogP contribution in [0, 0.1) is 0 Å². The molecule has 0 aromatic carbocycles. The van der Waals surface area contributed by atoms with Gasteiger partial charge in [-0.1, -0.05) is 5.10 Å². The van der Waals surface area contributed by atoms with Crippen LogP contribution in [-0.4, -0.2) is 25.7 Å². The van der Waals surface area contributed by atoms with Crippen LogP contribution >= 0.6 is 0 Å². The summed E-state index contributed by atoms with van der Waals surface area (Å²) < 4.78 is 0.957. The molecule has 8 nitrogen and oxygen atoms in total. The third-order valence-corrected chi connectivity index (χ3v) is 1.57. The van der Waals surface area contributed by atoms with Crippen molar-refractivity contribution in [3.8, 4) is 0 Å². The Balaban J connectivity index is 2.99. The van der Waals surface area contributed by atoms with Crippen LogP contribution in [0.5, 0.6) is 0 Å². The average Bonchev–Trinajstić information content (AvgIpc) is 2.49. The number of imidazole rings is 1. The minimum Gasteiger partial charge on any atom is -0.290 e. The molecule has 0 spiro atoms. The van der Waals surface area contributed by atoms with Crippen molar-refractivity contribution >= 4 is 17.2 Å². The monoisotopic (exact) mass is 193 g/mol. The van der Waals surface area contributed by atoms with Crippen LogP contribution in [0.1, 0.15) is 0 Å². The molecule has 0 saturated carbocycles. The summed E-state index contributed by atoms with van der Waals surface area (Å²) in [5.41, 5.74) is -1.26. The predicted octanol–water partition coefficient (Wildman–Crippen LogP) is -1.49. The molecule has 0 aliphatic rings. The number of isocyanates is 1. The molecule has 2 N–H and O–H groups in total. The first kappa shape index (κ1) is 8.14. The summed E-state index contributed by atoms with van der Waals surface area (Å²) in [5, 5.41) is 3.20. The molecule has 0 fully saturated rings.